The molecule has 32 heavy (non-hydrogen) atoms. The number of anilines is 1. The lowest BCUT2D eigenvalue weighted by atomic mass is 10.0. The molecule has 0 saturated carbocycles. The standard InChI is InChI=1S/C22H25FN4O4S/c23-15-6-9-19(10-7-15)32(30,31)26-17-12-20-22(29)24-13-18(27(20)14-17)8-11-21(28)25-16-4-2-1-3-5-16/h1-7,9-10,17-18,20,26H,8,11-14H2,(H,24,29)(H,25,28). The van der Waals surface area contributed by atoms with Gasteiger partial charge in [-0.1, -0.05) is 18.2 Å². The average Bonchev–Trinajstić information content (AvgIpc) is 3.18. The van der Waals surface area contributed by atoms with Crippen LogP contribution >= 0.6 is 0 Å². The van der Waals surface area contributed by atoms with E-state index in [9.17, 15) is 22.4 Å². The molecule has 4 rings (SSSR count). The van der Waals surface area contributed by atoms with Crippen molar-refractivity contribution in [2.75, 3.05) is 18.4 Å². The fraction of sp³-hybridized carbons (Fsp3) is 0.364. The topological polar surface area (TPSA) is 108 Å². The Morgan fingerprint density at radius 1 is 1.12 bits per heavy atom. The van der Waals surface area contributed by atoms with E-state index in [1.54, 1.807) is 0 Å². The number of benzene rings is 2. The molecule has 0 bridgehead atoms. The first kappa shape index (κ1) is 22.4. The molecule has 170 valence electrons. The number of piperazine rings is 1. The van der Waals surface area contributed by atoms with Gasteiger partial charge in [-0.3, -0.25) is 14.5 Å². The molecule has 2 aliphatic heterocycles. The molecule has 2 fully saturated rings. The fourth-order valence-corrected chi connectivity index (χ4v) is 5.51. The highest BCUT2D eigenvalue weighted by Gasteiger charge is 2.44. The van der Waals surface area contributed by atoms with Gasteiger partial charge in [0, 0.05) is 37.3 Å². The van der Waals surface area contributed by atoms with E-state index in [0.29, 0.717) is 25.9 Å². The SMILES string of the molecule is O=C(CCC1CNC(=O)C2CC(NS(=O)(=O)c3ccc(F)cc3)CN12)Nc1ccccc1. The molecule has 2 aromatic carbocycles. The summed E-state index contributed by atoms with van der Waals surface area (Å²) in [7, 11) is -3.84. The number of nitrogens with zero attached hydrogens (tertiary/aromatic N) is 1. The lowest BCUT2D eigenvalue weighted by Crippen LogP contribution is -2.57. The molecular weight excluding hydrogens is 435 g/mol. The minimum atomic E-state index is -3.84. The third-order valence-corrected chi connectivity index (χ3v) is 7.37. The van der Waals surface area contributed by atoms with Crippen LogP contribution in [-0.4, -0.2) is 56.3 Å². The third kappa shape index (κ3) is 5.14. The van der Waals surface area contributed by atoms with E-state index in [1.807, 2.05) is 35.2 Å². The van der Waals surface area contributed by atoms with Crippen LogP contribution in [0, 0.1) is 5.82 Å². The summed E-state index contributed by atoms with van der Waals surface area (Å²) in [4.78, 5) is 26.6. The first-order valence-electron chi connectivity index (χ1n) is 10.5. The molecular formula is C22H25FN4O4S. The van der Waals surface area contributed by atoms with Gasteiger partial charge in [-0.25, -0.2) is 17.5 Å². The summed E-state index contributed by atoms with van der Waals surface area (Å²) in [5.74, 6) is -0.770. The maximum Gasteiger partial charge on any atom is 0.240 e. The van der Waals surface area contributed by atoms with E-state index < -0.39 is 27.9 Å². The van der Waals surface area contributed by atoms with Crippen molar-refractivity contribution < 1.29 is 22.4 Å². The molecule has 0 aliphatic carbocycles. The Morgan fingerprint density at radius 2 is 1.84 bits per heavy atom. The Kier molecular flexibility index (Phi) is 6.54. The summed E-state index contributed by atoms with van der Waals surface area (Å²) >= 11 is 0. The molecule has 2 aromatic rings. The molecule has 10 heteroatoms. The van der Waals surface area contributed by atoms with E-state index in [1.165, 1.54) is 12.1 Å². The van der Waals surface area contributed by atoms with Crippen LogP contribution in [0.5, 0.6) is 0 Å². The monoisotopic (exact) mass is 460 g/mol. The highest BCUT2D eigenvalue weighted by atomic mass is 32.2. The molecule has 0 aromatic heterocycles. The third-order valence-electron chi connectivity index (χ3n) is 5.83. The van der Waals surface area contributed by atoms with Gasteiger partial charge in [0.05, 0.1) is 10.9 Å². The summed E-state index contributed by atoms with van der Waals surface area (Å²) in [6.45, 7) is 0.773. The van der Waals surface area contributed by atoms with Crippen molar-refractivity contribution >= 4 is 27.5 Å². The summed E-state index contributed by atoms with van der Waals surface area (Å²) in [5.41, 5.74) is 0.726. The van der Waals surface area contributed by atoms with Crippen molar-refractivity contribution in [3.8, 4) is 0 Å². The van der Waals surface area contributed by atoms with Crippen molar-refractivity contribution in [3.05, 3.63) is 60.4 Å². The summed E-state index contributed by atoms with van der Waals surface area (Å²) in [5, 5.41) is 5.72. The maximum atomic E-state index is 13.1. The molecule has 8 nitrogen and oxygen atoms in total. The number of rotatable bonds is 7. The fourth-order valence-electron chi connectivity index (χ4n) is 4.27. The highest BCUT2D eigenvalue weighted by Crippen LogP contribution is 2.27. The van der Waals surface area contributed by atoms with Gasteiger partial charge in [-0.05, 0) is 49.2 Å². The molecule has 2 amide bonds. The predicted molar refractivity (Wildman–Crippen MR) is 117 cm³/mol. The zero-order valence-electron chi connectivity index (χ0n) is 17.3. The minimum absolute atomic E-state index is 0.0256. The number of amides is 2. The van der Waals surface area contributed by atoms with Crippen molar-refractivity contribution in [3.63, 3.8) is 0 Å². The second kappa shape index (κ2) is 9.35. The predicted octanol–water partition coefficient (Wildman–Crippen LogP) is 1.46. The molecule has 2 saturated heterocycles. The number of carbonyl (C=O) groups is 2. The number of sulfonamides is 1. The number of hydrogen-bond donors (Lipinski definition) is 3. The number of fused-ring (bicyclic) bond motifs is 1. The molecule has 0 radical (unpaired) electrons. The Labute approximate surface area is 186 Å². The van der Waals surface area contributed by atoms with E-state index in [2.05, 4.69) is 15.4 Å². The number of para-hydroxylation sites is 1. The number of nitrogens with one attached hydrogen (secondary N) is 3. The lowest BCUT2D eigenvalue weighted by molar-refractivity contribution is -0.129. The number of hydrogen-bond acceptors (Lipinski definition) is 5. The normalized spacial score (nSPS) is 23.4. The maximum absolute atomic E-state index is 13.1. The van der Waals surface area contributed by atoms with Gasteiger partial charge in [-0.2, -0.15) is 0 Å². The summed E-state index contributed by atoms with van der Waals surface area (Å²) in [6, 6.07) is 12.8. The van der Waals surface area contributed by atoms with E-state index in [-0.39, 0.29) is 29.2 Å². The molecule has 0 spiro atoms. The average molecular weight is 461 g/mol. The van der Waals surface area contributed by atoms with Gasteiger partial charge < -0.3 is 10.6 Å². The van der Waals surface area contributed by atoms with Crippen LogP contribution in [0.25, 0.3) is 0 Å². The van der Waals surface area contributed by atoms with Gasteiger partial charge in [-0.15, -0.1) is 0 Å². The van der Waals surface area contributed by atoms with Gasteiger partial charge in [0.15, 0.2) is 0 Å². The van der Waals surface area contributed by atoms with E-state index >= 15 is 0 Å². The van der Waals surface area contributed by atoms with Crippen molar-refractivity contribution in [2.45, 2.75) is 42.3 Å². The molecule has 3 unspecified atom stereocenters. The van der Waals surface area contributed by atoms with E-state index in [0.717, 1.165) is 17.8 Å². The van der Waals surface area contributed by atoms with Crippen LogP contribution in [-0.2, 0) is 19.6 Å². The van der Waals surface area contributed by atoms with Crippen LogP contribution in [0.1, 0.15) is 19.3 Å². The number of halogens is 1. The Hall–Kier alpha value is -2.82. The van der Waals surface area contributed by atoms with Crippen molar-refractivity contribution in [1.82, 2.24) is 14.9 Å². The molecule has 3 N–H and O–H groups in total. The zero-order chi connectivity index (χ0) is 22.7. The quantitative estimate of drug-likeness (QED) is 0.580. The van der Waals surface area contributed by atoms with Crippen molar-refractivity contribution in [1.29, 1.82) is 0 Å². The van der Waals surface area contributed by atoms with Crippen LogP contribution in [0.3, 0.4) is 0 Å². The Morgan fingerprint density at radius 3 is 2.56 bits per heavy atom. The van der Waals surface area contributed by atoms with Crippen LogP contribution < -0.4 is 15.4 Å². The van der Waals surface area contributed by atoms with Gasteiger partial charge in [0.25, 0.3) is 0 Å². The van der Waals surface area contributed by atoms with E-state index in [4.69, 9.17) is 0 Å². The molecule has 2 heterocycles. The van der Waals surface area contributed by atoms with Crippen LogP contribution in [0.2, 0.25) is 0 Å². The number of carbonyl (C=O) groups excluding carboxylic acids is 2. The smallest absolute Gasteiger partial charge is 0.240 e. The first-order valence-corrected chi connectivity index (χ1v) is 12.0. The van der Waals surface area contributed by atoms with Crippen LogP contribution in [0.15, 0.2) is 59.5 Å². The summed E-state index contributed by atoms with van der Waals surface area (Å²) < 4.78 is 41.1. The molecule has 3 atom stereocenters. The lowest BCUT2D eigenvalue weighted by Gasteiger charge is -2.37. The van der Waals surface area contributed by atoms with Crippen LogP contribution in [0.4, 0.5) is 10.1 Å². The first-order chi connectivity index (χ1) is 15.3. The Bertz CT molecular complexity index is 1080. The van der Waals surface area contributed by atoms with Gasteiger partial charge in [0.2, 0.25) is 21.8 Å². The highest BCUT2D eigenvalue weighted by molar-refractivity contribution is 7.89. The second-order valence-electron chi connectivity index (χ2n) is 8.07. The zero-order valence-corrected chi connectivity index (χ0v) is 18.1. The van der Waals surface area contributed by atoms with Gasteiger partial charge in [0.1, 0.15) is 5.82 Å². The minimum Gasteiger partial charge on any atom is -0.353 e. The second-order valence-corrected chi connectivity index (χ2v) is 9.79. The van der Waals surface area contributed by atoms with Gasteiger partial charge >= 0.3 is 0 Å². The molecule has 2 aliphatic rings. The largest absolute Gasteiger partial charge is 0.353 e. The Balaban J connectivity index is 1.37. The van der Waals surface area contributed by atoms with Crippen molar-refractivity contribution in [2.24, 2.45) is 0 Å². The summed E-state index contributed by atoms with van der Waals surface area (Å²) in [6.07, 6.45) is 1.15.